The Labute approximate surface area is 174 Å². The van der Waals surface area contributed by atoms with E-state index in [0.717, 1.165) is 19.3 Å². The number of rotatable bonds is 4. The molecule has 1 N–H and O–H groups in total. The Kier molecular flexibility index (Phi) is 4.62. The number of anilines is 1. The second-order valence-electron chi connectivity index (χ2n) is 8.15. The van der Waals surface area contributed by atoms with Crippen LogP contribution in [-0.2, 0) is 0 Å². The van der Waals surface area contributed by atoms with E-state index in [4.69, 9.17) is 0 Å². The molecule has 30 heavy (non-hydrogen) atoms. The number of alkyl halides is 1. The first-order valence-electron chi connectivity index (χ1n) is 10.2. The van der Waals surface area contributed by atoms with Gasteiger partial charge in [0, 0.05) is 30.8 Å². The topological polar surface area (TPSA) is 83.2 Å². The molecule has 2 aromatic heterocycles. The molecule has 2 fully saturated rings. The molecule has 2 saturated heterocycles. The largest absolute Gasteiger partial charge is 0.507 e. The maximum Gasteiger partial charge on any atom is 0.151 e. The molecule has 2 bridgehead atoms. The first-order valence-corrected chi connectivity index (χ1v) is 10.2. The third kappa shape index (κ3) is 3.09. The van der Waals surface area contributed by atoms with Gasteiger partial charge in [0.2, 0.25) is 0 Å². The third-order valence-corrected chi connectivity index (χ3v) is 6.60. The average Bonchev–Trinajstić information content (AvgIpc) is 3.37. The lowest BCUT2D eigenvalue weighted by Crippen LogP contribution is -2.56. The molecule has 0 spiro atoms. The maximum absolute atomic E-state index is 15.1. The molecule has 0 radical (unpaired) electrons. The molecule has 2 aliphatic rings. The number of hydrogen-bond acceptors (Lipinski definition) is 7. The van der Waals surface area contributed by atoms with Crippen LogP contribution in [0.1, 0.15) is 19.3 Å². The van der Waals surface area contributed by atoms with Gasteiger partial charge in [0.25, 0.3) is 0 Å². The quantitative estimate of drug-likeness (QED) is 0.709. The summed E-state index contributed by atoms with van der Waals surface area (Å²) in [5.74, 6) is 0.711. The molecular weight excluding hydrogens is 385 g/mol. The van der Waals surface area contributed by atoms with Gasteiger partial charge in [-0.15, -0.1) is 15.3 Å². The molecule has 3 aromatic rings. The second kappa shape index (κ2) is 7.32. The summed E-state index contributed by atoms with van der Waals surface area (Å²) in [4.78, 5) is 4.10. The maximum atomic E-state index is 15.1. The summed E-state index contributed by atoms with van der Waals surface area (Å²) in [5.41, 5.74) is 1.82. The number of fused-ring (bicyclic) bond motifs is 2. The van der Waals surface area contributed by atoms with E-state index in [9.17, 15) is 5.11 Å². The summed E-state index contributed by atoms with van der Waals surface area (Å²) in [6, 6.07) is 9.06. The van der Waals surface area contributed by atoms with E-state index in [0.29, 0.717) is 28.8 Å². The van der Waals surface area contributed by atoms with Crippen LogP contribution in [0.25, 0.3) is 16.9 Å². The lowest BCUT2D eigenvalue weighted by Gasteiger charge is -2.43. The van der Waals surface area contributed by atoms with Gasteiger partial charge in [-0.25, -0.2) is 9.07 Å². The molecule has 1 aromatic carbocycles. The number of phenols is 1. The van der Waals surface area contributed by atoms with Crippen LogP contribution in [0, 0.1) is 0 Å². The highest BCUT2D eigenvalue weighted by Gasteiger charge is 2.47. The molecular formula is C21H24FN7O. The van der Waals surface area contributed by atoms with Crippen molar-refractivity contribution in [3.63, 3.8) is 0 Å². The second-order valence-corrected chi connectivity index (χ2v) is 8.15. The zero-order valence-electron chi connectivity index (χ0n) is 16.9. The number of benzene rings is 1. The third-order valence-electron chi connectivity index (χ3n) is 6.60. The van der Waals surface area contributed by atoms with E-state index in [1.165, 1.54) is 0 Å². The van der Waals surface area contributed by atoms with Gasteiger partial charge >= 0.3 is 0 Å². The van der Waals surface area contributed by atoms with Gasteiger partial charge < -0.3 is 10.0 Å². The highest BCUT2D eigenvalue weighted by atomic mass is 19.1. The lowest BCUT2D eigenvalue weighted by atomic mass is 9.95. The number of hydrogen-bond donors (Lipinski definition) is 1. The van der Waals surface area contributed by atoms with Gasteiger partial charge in [-0.2, -0.15) is 0 Å². The van der Waals surface area contributed by atoms with Gasteiger partial charge in [0.05, 0.1) is 29.8 Å². The van der Waals surface area contributed by atoms with Crippen LogP contribution in [0.2, 0.25) is 0 Å². The van der Waals surface area contributed by atoms with Gasteiger partial charge in [0.1, 0.15) is 11.9 Å². The number of halogens is 1. The number of nitrogens with zero attached hydrogens (tertiary/aromatic N) is 7. The van der Waals surface area contributed by atoms with Crippen molar-refractivity contribution in [3.8, 4) is 22.7 Å². The highest BCUT2D eigenvalue weighted by Crippen LogP contribution is 2.39. The number of aromatic hydroxyl groups is 1. The minimum absolute atomic E-state index is 0.0103. The molecule has 2 unspecified atom stereocenters. The standard InChI is InChI=1S/C21H24FN7O/c1-27-13-4-7-17(27)21(22)18(11-13)28(2)20-8-6-16(24-25-20)15-5-3-14(12-19(15)30)29-10-9-23-26-29/h3,5-6,8-10,12-13,17-18,21,30H,4,7,11H2,1-2H3/t13?,17?,18-,21-/m0/s1. The predicted octanol–water partition coefficient (Wildman–Crippen LogP) is 2.44. The van der Waals surface area contributed by atoms with Crippen LogP contribution in [0.5, 0.6) is 5.75 Å². The minimum Gasteiger partial charge on any atom is -0.507 e. The van der Waals surface area contributed by atoms with Crippen molar-refractivity contribution in [3.05, 3.63) is 42.7 Å². The molecule has 2 aliphatic heterocycles. The summed E-state index contributed by atoms with van der Waals surface area (Å²) < 4.78 is 16.7. The molecule has 5 rings (SSSR count). The van der Waals surface area contributed by atoms with Crippen molar-refractivity contribution in [2.24, 2.45) is 0 Å². The van der Waals surface area contributed by atoms with E-state index in [1.54, 1.807) is 35.3 Å². The first kappa shape index (κ1) is 18.9. The Bertz CT molecular complexity index is 1030. The Morgan fingerprint density at radius 2 is 2.03 bits per heavy atom. The van der Waals surface area contributed by atoms with E-state index in [2.05, 4.69) is 25.4 Å². The van der Waals surface area contributed by atoms with Crippen LogP contribution < -0.4 is 4.90 Å². The van der Waals surface area contributed by atoms with Crippen LogP contribution in [0.4, 0.5) is 10.2 Å². The van der Waals surface area contributed by atoms with E-state index in [-0.39, 0.29) is 17.8 Å². The summed E-state index contributed by atoms with van der Waals surface area (Å²) in [6.45, 7) is 0. The summed E-state index contributed by atoms with van der Waals surface area (Å²) >= 11 is 0. The molecule has 9 heteroatoms. The zero-order valence-corrected chi connectivity index (χ0v) is 16.9. The first-order chi connectivity index (χ1) is 14.5. The van der Waals surface area contributed by atoms with Gasteiger partial charge in [-0.3, -0.25) is 4.90 Å². The van der Waals surface area contributed by atoms with E-state index < -0.39 is 6.17 Å². The van der Waals surface area contributed by atoms with Crippen LogP contribution in [0.15, 0.2) is 42.7 Å². The lowest BCUT2D eigenvalue weighted by molar-refractivity contribution is 0.0701. The molecule has 0 aliphatic carbocycles. The fraction of sp³-hybridized carbons (Fsp3) is 0.429. The fourth-order valence-corrected chi connectivity index (χ4v) is 4.80. The van der Waals surface area contributed by atoms with Crippen LogP contribution in [-0.4, -0.2) is 73.6 Å². The number of phenolic OH excluding ortho intramolecular Hbond substituents is 1. The fourth-order valence-electron chi connectivity index (χ4n) is 4.80. The summed E-state index contributed by atoms with van der Waals surface area (Å²) in [6.07, 6.45) is 5.13. The van der Waals surface area contributed by atoms with Crippen molar-refractivity contribution in [1.29, 1.82) is 0 Å². The van der Waals surface area contributed by atoms with Gasteiger partial charge in [0.15, 0.2) is 5.82 Å². The van der Waals surface area contributed by atoms with Crippen molar-refractivity contribution in [2.45, 2.75) is 43.6 Å². The van der Waals surface area contributed by atoms with Crippen molar-refractivity contribution in [1.82, 2.24) is 30.1 Å². The van der Waals surface area contributed by atoms with E-state index >= 15 is 4.39 Å². The van der Waals surface area contributed by atoms with E-state index in [1.807, 2.05) is 31.1 Å². The van der Waals surface area contributed by atoms with Crippen LogP contribution >= 0.6 is 0 Å². The molecule has 0 saturated carbocycles. The predicted molar refractivity (Wildman–Crippen MR) is 110 cm³/mol. The average molecular weight is 409 g/mol. The monoisotopic (exact) mass is 409 g/mol. The molecule has 4 heterocycles. The van der Waals surface area contributed by atoms with Crippen molar-refractivity contribution in [2.75, 3.05) is 19.0 Å². The van der Waals surface area contributed by atoms with Gasteiger partial charge in [-0.05, 0) is 50.6 Å². The minimum atomic E-state index is -0.909. The Morgan fingerprint density at radius 3 is 2.73 bits per heavy atom. The Balaban J connectivity index is 1.36. The molecule has 0 amide bonds. The van der Waals surface area contributed by atoms with Gasteiger partial charge in [-0.1, -0.05) is 5.21 Å². The van der Waals surface area contributed by atoms with Crippen molar-refractivity contribution >= 4 is 5.82 Å². The molecule has 8 nitrogen and oxygen atoms in total. The molecule has 156 valence electrons. The number of aromatic nitrogens is 5. The Morgan fingerprint density at radius 1 is 1.17 bits per heavy atom. The molecule has 4 atom stereocenters. The summed E-state index contributed by atoms with van der Waals surface area (Å²) in [7, 11) is 3.91. The highest BCUT2D eigenvalue weighted by molar-refractivity contribution is 5.69. The van der Waals surface area contributed by atoms with Crippen LogP contribution in [0.3, 0.4) is 0 Å². The number of piperidine rings is 1. The Hall–Kier alpha value is -3.07. The van der Waals surface area contributed by atoms with Crippen molar-refractivity contribution < 1.29 is 9.50 Å². The SMILES string of the molecule is CN1C2CCC1[C@H](F)[C@@H](N(C)c1ccc(-c3ccc(-n4ccnn4)cc3O)nn1)C2. The normalized spacial score (nSPS) is 26.1. The summed E-state index contributed by atoms with van der Waals surface area (Å²) in [5, 5.41) is 26.8. The zero-order chi connectivity index (χ0) is 20.8. The smallest absolute Gasteiger partial charge is 0.151 e.